The highest BCUT2D eigenvalue weighted by Gasteiger charge is 2.47. The molecule has 0 spiro atoms. The van der Waals surface area contributed by atoms with Gasteiger partial charge in [-0.2, -0.15) is 0 Å². The van der Waals surface area contributed by atoms with Crippen molar-refractivity contribution in [3.8, 4) is 22.3 Å². The molecule has 0 saturated carbocycles. The lowest BCUT2D eigenvalue weighted by molar-refractivity contribution is 0.332. The normalized spacial score (nSPS) is 15.1. The molecule has 348 valence electrons. The first-order valence-corrected chi connectivity index (χ1v) is 25.6. The van der Waals surface area contributed by atoms with Crippen LogP contribution in [-0.4, -0.2) is 6.71 Å². The Balaban J connectivity index is 1.17. The van der Waals surface area contributed by atoms with Crippen molar-refractivity contribution in [2.45, 2.75) is 84.5 Å². The first kappa shape index (κ1) is 44.6. The fourth-order valence-electron chi connectivity index (χ4n) is 11.9. The number of hydrogen-bond acceptors (Lipinski definition) is 3. The van der Waals surface area contributed by atoms with E-state index in [1.807, 2.05) is 0 Å². The molecule has 1 aliphatic carbocycles. The van der Waals surface area contributed by atoms with Crippen molar-refractivity contribution in [3.05, 3.63) is 229 Å². The highest BCUT2D eigenvalue weighted by atomic mass is 15.2. The van der Waals surface area contributed by atoms with Gasteiger partial charge in [0.05, 0.1) is 5.69 Å². The summed E-state index contributed by atoms with van der Waals surface area (Å²) in [6.45, 7) is 19.1. The summed E-state index contributed by atoms with van der Waals surface area (Å²) in [5, 5.41) is 0. The van der Waals surface area contributed by atoms with E-state index in [2.05, 4.69) is 276 Å². The Morgan fingerprint density at radius 2 is 0.958 bits per heavy atom. The minimum atomic E-state index is -0.0298. The summed E-state index contributed by atoms with van der Waals surface area (Å²) < 4.78 is 0. The topological polar surface area (TPSA) is 9.72 Å². The van der Waals surface area contributed by atoms with Crippen molar-refractivity contribution in [1.29, 1.82) is 0 Å². The van der Waals surface area contributed by atoms with E-state index in [1.165, 1.54) is 89.3 Å². The van der Waals surface area contributed by atoms with Gasteiger partial charge in [0.1, 0.15) is 0 Å². The summed E-state index contributed by atoms with van der Waals surface area (Å²) in [7, 11) is 0. The summed E-state index contributed by atoms with van der Waals surface area (Å²) in [6, 6.07) is 77.4. The maximum atomic E-state index is 2.66. The minimum Gasteiger partial charge on any atom is -0.311 e. The second-order valence-corrected chi connectivity index (χ2v) is 22.6. The molecule has 0 unspecified atom stereocenters. The van der Waals surface area contributed by atoms with Gasteiger partial charge in [-0.05, 0) is 170 Å². The van der Waals surface area contributed by atoms with Crippen molar-refractivity contribution in [2.75, 3.05) is 14.7 Å². The number of para-hydroxylation sites is 2. The quantitative estimate of drug-likeness (QED) is 0.148. The van der Waals surface area contributed by atoms with Crippen LogP contribution in [0.15, 0.2) is 206 Å². The molecule has 2 heterocycles. The number of anilines is 9. The zero-order valence-corrected chi connectivity index (χ0v) is 42.5. The number of fused-ring (bicyclic) bond motifs is 5. The molecule has 9 aromatic rings. The number of benzene rings is 9. The second-order valence-electron chi connectivity index (χ2n) is 22.6. The fourth-order valence-corrected chi connectivity index (χ4v) is 11.9. The predicted molar refractivity (Wildman–Crippen MR) is 305 cm³/mol. The van der Waals surface area contributed by atoms with E-state index in [-0.39, 0.29) is 23.0 Å². The van der Waals surface area contributed by atoms with Crippen LogP contribution in [0.4, 0.5) is 51.2 Å². The summed E-state index contributed by atoms with van der Waals surface area (Å²) in [4.78, 5) is 7.63. The average Bonchev–Trinajstić information content (AvgIpc) is 3.38. The van der Waals surface area contributed by atoms with Crippen LogP contribution in [0.3, 0.4) is 0 Å². The molecule has 12 rings (SSSR count). The molecule has 0 saturated heterocycles. The van der Waals surface area contributed by atoms with Crippen LogP contribution in [0.2, 0.25) is 0 Å². The van der Waals surface area contributed by atoms with Gasteiger partial charge in [0, 0.05) is 51.1 Å². The molecule has 0 fully saturated rings. The van der Waals surface area contributed by atoms with E-state index in [1.54, 1.807) is 0 Å². The molecule has 0 aromatic heterocycles. The van der Waals surface area contributed by atoms with Gasteiger partial charge in [0.2, 0.25) is 0 Å². The molecule has 3 aliphatic rings. The molecule has 71 heavy (non-hydrogen) atoms. The standard InChI is InChI=1S/C67H62BN3/c1-45-39-62-64-63(40-45)71(59-36-31-49(65(2,3)4)41-54(59)48-23-15-10-16-24-48)61-44-56-55(66(5,6)37-38-67(56,7)8)43-58(61)68(64)57-35-34-53(69(50-25-17-11-18-26-50)51-27-19-12-20-28-51)42-60(57)70(62)52-32-29-47(30-33-52)46-21-13-9-14-22-46/h9-36,39-44H,37-38H2,1-8H3. The monoisotopic (exact) mass is 920 g/mol. The molecular formula is C67H62BN3. The first-order valence-electron chi connectivity index (χ1n) is 25.6. The highest BCUT2D eigenvalue weighted by Crippen LogP contribution is 2.52. The molecule has 0 radical (unpaired) electrons. The van der Waals surface area contributed by atoms with Crippen LogP contribution >= 0.6 is 0 Å². The van der Waals surface area contributed by atoms with Crippen molar-refractivity contribution in [3.63, 3.8) is 0 Å². The summed E-state index contributed by atoms with van der Waals surface area (Å²) in [5.74, 6) is 0. The Bertz CT molecular complexity index is 3420. The van der Waals surface area contributed by atoms with E-state index < -0.39 is 0 Å². The number of rotatable bonds is 7. The fraction of sp³-hybridized carbons (Fsp3) is 0.194. The summed E-state index contributed by atoms with van der Waals surface area (Å²) >= 11 is 0. The molecule has 2 aliphatic heterocycles. The largest absolute Gasteiger partial charge is 0.311 e. The van der Waals surface area contributed by atoms with E-state index >= 15 is 0 Å². The van der Waals surface area contributed by atoms with E-state index in [4.69, 9.17) is 0 Å². The SMILES string of the molecule is Cc1cc2c3c(c1)N(c1ccc(C(C)(C)C)cc1-c1ccccc1)c1cc4c(cc1B3c1ccc(N(c3ccccc3)c3ccccc3)cc1N2c1ccc(-c2ccccc2)cc1)C(C)(C)CCC4(C)C. The Labute approximate surface area is 422 Å². The van der Waals surface area contributed by atoms with Crippen molar-refractivity contribution >= 4 is 74.3 Å². The molecule has 3 nitrogen and oxygen atoms in total. The van der Waals surface area contributed by atoms with Crippen LogP contribution in [0.5, 0.6) is 0 Å². The van der Waals surface area contributed by atoms with Crippen LogP contribution < -0.4 is 31.1 Å². The Morgan fingerprint density at radius 3 is 1.55 bits per heavy atom. The van der Waals surface area contributed by atoms with Crippen molar-refractivity contribution < 1.29 is 0 Å². The lowest BCUT2D eigenvalue weighted by Gasteiger charge is -2.48. The smallest absolute Gasteiger partial charge is 0.252 e. The molecule has 4 heteroatoms. The lowest BCUT2D eigenvalue weighted by atomic mass is 9.33. The lowest BCUT2D eigenvalue weighted by Crippen LogP contribution is -2.62. The van der Waals surface area contributed by atoms with Gasteiger partial charge in [-0.1, -0.05) is 176 Å². The van der Waals surface area contributed by atoms with Gasteiger partial charge in [-0.3, -0.25) is 0 Å². The summed E-state index contributed by atoms with van der Waals surface area (Å²) in [5.41, 5.74) is 25.0. The van der Waals surface area contributed by atoms with Crippen molar-refractivity contribution in [1.82, 2.24) is 0 Å². The number of nitrogens with zero attached hydrogens (tertiary/aromatic N) is 3. The molecular weight excluding hydrogens is 858 g/mol. The highest BCUT2D eigenvalue weighted by molar-refractivity contribution is 7.00. The first-order chi connectivity index (χ1) is 34.2. The average molecular weight is 920 g/mol. The third kappa shape index (κ3) is 7.58. The number of hydrogen-bond donors (Lipinski definition) is 0. The van der Waals surface area contributed by atoms with Crippen LogP contribution in [0, 0.1) is 6.92 Å². The van der Waals surface area contributed by atoms with Gasteiger partial charge >= 0.3 is 0 Å². The second kappa shape index (κ2) is 16.8. The maximum Gasteiger partial charge on any atom is 0.252 e. The zero-order valence-electron chi connectivity index (χ0n) is 42.5. The van der Waals surface area contributed by atoms with Gasteiger partial charge in [0.15, 0.2) is 0 Å². The Morgan fingerprint density at radius 1 is 0.437 bits per heavy atom. The molecule has 0 bridgehead atoms. The van der Waals surface area contributed by atoms with Gasteiger partial charge in [0.25, 0.3) is 6.71 Å². The summed E-state index contributed by atoms with van der Waals surface area (Å²) in [6.07, 6.45) is 2.29. The molecule has 0 amide bonds. The van der Waals surface area contributed by atoms with Crippen molar-refractivity contribution in [2.24, 2.45) is 0 Å². The van der Waals surface area contributed by atoms with Gasteiger partial charge < -0.3 is 14.7 Å². The van der Waals surface area contributed by atoms with Gasteiger partial charge in [-0.15, -0.1) is 0 Å². The van der Waals surface area contributed by atoms with Crippen LogP contribution in [0.1, 0.15) is 83.6 Å². The molecule has 0 N–H and O–H groups in total. The number of aryl methyl sites for hydroxylation is 1. The zero-order chi connectivity index (χ0) is 48.8. The maximum absolute atomic E-state index is 2.66. The Kier molecular flexibility index (Phi) is 10.6. The van der Waals surface area contributed by atoms with E-state index in [9.17, 15) is 0 Å². The van der Waals surface area contributed by atoms with Crippen LogP contribution in [0.25, 0.3) is 22.3 Å². The Hall–Kier alpha value is -7.56. The molecule has 9 aromatic carbocycles. The minimum absolute atomic E-state index is 0.0162. The third-order valence-corrected chi connectivity index (χ3v) is 15.9. The van der Waals surface area contributed by atoms with E-state index in [0.29, 0.717) is 0 Å². The predicted octanol–water partition coefficient (Wildman–Crippen LogP) is 16.5. The van der Waals surface area contributed by atoms with E-state index in [0.717, 1.165) is 35.6 Å². The van der Waals surface area contributed by atoms with Gasteiger partial charge in [-0.25, -0.2) is 0 Å². The third-order valence-electron chi connectivity index (χ3n) is 15.9. The molecule has 0 atom stereocenters. The van der Waals surface area contributed by atoms with Crippen LogP contribution in [-0.2, 0) is 16.2 Å².